The number of halogens is 3. The van der Waals surface area contributed by atoms with E-state index >= 15 is 0 Å². The highest BCUT2D eigenvalue weighted by molar-refractivity contribution is 5.70. The molecular weight excluding hydrogens is 253 g/mol. The summed E-state index contributed by atoms with van der Waals surface area (Å²) in [6.45, 7) is 1.26. The summed E-state index contributed by atoms with van der Waals surface area (Å²) in [7, 11) is 0. The average Bonchev–Trinajstić information content (AvgIpc) is 2.21. The summed E-state index contributed by atoms with van der Waals surface area (Å²) in [5, 5.41) is 26.9. The van der Waals surface area contributed by atoms with E-state index in [0.29, 0.717) is 6.07 Å². The fourth-order valence-corrected chi connectivity index (χ4v) is 1.47. The van der Waals surface area contributed by atoms with Crippen LogP contribution in [0.15, 0.2) is 12.1 Å². The maximum atomic E-state index is 12.7. The molecule has 3 N–H and O–H groups in total. The second kappa shape index (κ2) is 4.75. The SMILES string of the molecule is CC(Cc1cc(O)c(O)cc1C(F)(F)F)C(=O)O. The van der Waals surface area contributed by atoms with Crippen molar-refractivity contribution in [1.82, 2.24) is 0 Å². The summed E-state index contributed by atoms with van der Waals surface area (Å²) in [6, 6.07) is 1.12. The zero-order valence-corrected chi connectivity index (χ0v) is 9.32. The van der Waals surface area contributed by atoms with Gasteiger partial charge in [0.2, 0.25) is 0 Å². The van der Waals surface area contributed by atoms with Crippen LogP contribution in [0, 0.1) is 5.92 Å². The molecule has 0 amide bonds. The van der Waals surface area contributed by atoms with Crippen LogP contribution in [0.1, 0.15) is 18.1 Å². The lowest BCUT2D eigenvalue weighted by Gasteiger charge is -2.15. The molecule has 7 heteroatoms. The third-order valence-corrected chi connectivity index (χ3v) is 2.45. The van der Waals surface area contributed by atoms with Crippen LogP contribution in [0.4, 0.5) is 13.2 Å². The predicted molar refractivity (Wildman–Crippen MR) is 55.3 cm³/mol. The van der Waals surface area contributed by atoms with Crippen molar-refractivity contribution in [2.24, 2.45) is 5.92 Å². The maximum absolute atomic E-state index is 12.7. The number of benzene rings is 1. The van der Waals surface area contributed by atoms with Crippen LogP contribution >= 0.6 is 0 Å². The van der Waals surface area contributed by atoms with Gasteiger partial charge in [-0.1, -0.05) is 6.92 Å². The van der Waals surface area contributed by atoms with Gasteiger partial charge in [0.25, 0.3) is 0 Å². The van der Waals surface area contributed by atoms with Crippen LogP contribution in [-0.2, 0) is 17.4 Å². The molecule has 0 fully saturated rings. The smallest absolute Gasteiger partial charge is 0.416 e. The van der Waals surface area contributed by atoms with Crippen LogP contribution in [0.2, 0.25) is 0 Å². The van der Waals surface area contributed by atoms with Gasteiger partial charge in [-0.3, -0.25) is 4.79 Å². The lowest BCUT2D eigenvalue weighted by atomic mass is 9.96. The van der Waals surface area contributed by atoms with Gasteiger partial charge < -0.3 is 15.3 Å². The molecule has 1 atom stereocenters. The number of carbonyl (C=O) groups is 1. The molecule has 1 rings (SSSR count). The van der Waals surface area contributed by atoms with Crippen molar-refractivity contribution in [2.75, 3.05) is 0 Å². The molecule has 4 nitrogen and oxygen atoms in total. The van der Waals surface area contributed by atoms with Gasteiger partial charge in [-0.15, -0.1) is 0 Å². The molecule has 1 unspecified atom stereocenters. The fourth-order valence-electron chi connectivity index (χ4n) is 1.47. The lowest BCUT2D eigenvalue weighted by molar-refractivity contribution is -0.142. The Morgan fingerprint density at radius 3 is 2.22 bits per heavy atom. The second-order valence-electron chi connectivity index (χ2n) is 3.94. The summed E-state index contributed by atoms with van der Waals surface area (Å²) in [4.78, 5) is 10.6. The standard InChI is InChI=1S/C11H11F3O4/c1-5(10(17)18)2-6-3-8(15)9(16)4-7(6)11(12,13)14/h3-5,15-16H,2H2,1H3,(H,17,18). The number of phenols is 2. The van der Waals surface area contributed by atoms with E-state index in [1.165, 1.54) is 6.92 Å². The maximum Gasteiger partial charge on any atom is 0.416 e. The van der Waals surface area contributed by atoms with Gasteiger partial charge in [-0.25, -0.2) is 0 Å². The van der Waals surface area contributed by atoms with E-state index in [4.69, 9.17) is 10.2 Å². The monoisotopic (exact) mass is 264 g/mol. The molecule has 1 aromatic rings. The third kappa shape index (κ3) is 3.06. The molecular formula is C11H11F3O4. The first-order valence-electron chi connectivity index (χ1n) is 4.97. The first-order valence-corrected chi connectivity index (χ1v) is 4.97. The van der Waals surface area contributed by atoms with Gasteiger partial charge in [-0.05, 0) is 24.1 Å². The highest BCUT2D eigenvalue weighted by atomic mass is 19.4. The van der Waals surface area contributed by atoms with E-state index in [-0.39, 0.29) is 5.56 Å². The number of carboxylic acids is 1. The Bertz CT molecular complexity index is 468. The molecule has 0 spiro atoms. The lowest BCUT2D eigenvalue weighted by Crippen LogP contribution is -2.16. The van der Waals surface area contributed by atoms with Crippen molar-refractivity contribution in [2.45, 2.75) is 19.5 Å². The van der Waals surface area contributed by atoms with Crippen molar-refractivity contribution in [1.29, 1.82) is 0 Å². The second-order valence-corrected chi connectivity index (χ2v) is 3.94. The largest absolute Gasteiger partial charge is 0.504 e. The molecule has 0 aliphatic carbocycles. The van der Waals surface area contributed by atoms with E-state index in [2.05, 4.69) is 0 Å². The molecule has 1 aromatic carbocycles. The topological polar surface area (TPSA) is 77.8 Å². The number of alkyl halides is 3. The number of rotatable bonds is 3. The molecule has 0 saturated carbocycles. The van der Waals surface area contributed by atoms with Crippen molar-refractivity contribution < 1.29 is 33.3 Å². The minimum absolute atomic E-state index is 0.368. The molecule has 0 heterocycles. The first kappa shape index (κ1) is 14.1. The van der Waals surface area contributed by atoms with Crippen LogP contribution < -0.4 is 0 Å². The minimum Gasteiger partial charge on any atom is -0.504 e. The van der Waals surface area contributed by atoms with E-state index in [1.54, 1.807) is 0 Å². The Morgan fingerprint density at radius 1 is 1.28 bits per heavy atom. The third-order valence-electron chi connectivity index (χ3n) is 2.45. The predicted octanol–water partition coefficient (Wildman–Crippen LogP) is 2.38. The molecule has 0 bridgehead atoms. The zero-order valence-electron chi connectivity index (χ0n) is 9.32. The number of aromatic hydroxyl groups is 2. The number of phenolic OH excluding ortho intramolecular Hbond substituents is 2. The molecule has 0 aliphatic rings. The van der Waals surface area contributed by atoms with Crippen molar-refractivity contribution in [3.63, 3.8) is 0 Å². The van der Waals surface area contributed by atoms with E-state index < -0.39 is 41.5 Å². The number of hydrogen-bond donors (Lipinski definition) is 3. The van der Waals surface area contributed by atoms with Crippen molar-refractivity contribution in [3.05, 3.63) is 23.3 Å². The number of carboxylic acid groups (broad SMARTS) is 1. The Balaban J connectivity index is 3.24. The van der Waals surface area contributed by atoms with Gasteiger partial charge in [0.15, 0.2) is 11.5 Å². The van der Waals surface area contributed by atoms with Gasteiger partial charge >= 0.3 is 12.1 Å². The normalized spacial score (nSPS) is 13.3. The van der Waals surface area contributed by atoms with Crippen molar-refractivity contribution >= 4 is 5.97 Å². The Labute approximate surface area is 100 Å². The Kier molecular flexibility index (Phi) is 3.73. The van der Waals surface area contributed by atoms with Crippen LogP contribution in [0.25, 0.3) is 0 Å². The van der Waals surface area contributed by atoms with Gasteiger partial charge in [0.1, 0.15) is 0 Å². The summed E-state index contributed by atoms with van der Waals surface area (Å²) in [5.74, 6) is -3.88. The minimum atomic E-state index is -4.72. The van der Waals surface area contributed by atoms with Gasteiger partial charge in [-0.2, -0.15) is 13.2 Å². The number of hydrogen-bond acceptors (Lipinski definition) is 3. The van der Waals surface area contributed by atoms with Crippen LogP contribution in [0.3, 0.4) is 0 Å². The fraction of sp³-hybridized carbons (Fsp3) is 0.364. The summed E-state index contributed by atoms with van der Waals surface area (Å²) >= 11 is 0. The molecule has 100 valence electrons. The van der Waals surface area contributed by atoms with E-state index in [1.807, 2.05) is 0 Å². The highest BCUT2D eigenvalue weighted by Gasteiger charge is 2.35. The van der Waals surface area contributed by atoms with Crippen molar-refractivity contribution in [3.8, 4) is 11.5 Å². The van der Waals surface area contributed by atoms with Gasteiger partial charge in [0.05, 0.1) is 11.5 Å². The summed E-state index contributed by atoms with van der Waals surface area (Å²) in [5.41, 5.74) is -1.52. The molecule has 0 saturated heterocycles. The Morgan fingerprint density at radius 2 is 1.78 bits per heavy atom. The van der Waals surface area contributed by atoms with Crippen LogP contribution in [-0.4, -0.2) is 21.3 Å². The molecule has 0 aromatic heterocycles. The van der Waals surface area contributed by atoms with Crippen LogP contribution in [0.5, 0.6) is 11.5 Å². The molecule has 0 radical (unpaired) electrons. The molecule has 18 heavy (non-hydrogen) atoms. The zero-order chi connectivity index (χ0) is 14.1. The van der Waals surface area contributed by atoms with Gasteiger partial charge in [0, 0.05) is 0 Å². The first-order chi connectivity index (χ1) is 8.12. The summed E-state index contributed by atoms with van der Waals surface area (Å²) in [6.07, 6.45) is -5.11. The summed E-state index contributed by atoms with van der Waals surface area (Å²) < 4.78 is 38.0. The van der Waals surface area contributed by atoms with E-state index in [9.17, 15) is 23.1 Å². The molecule has 0 aliphatic heterocycles. The average molecular weight is 264 g/mol. The van der Waals surface area contributed by atoms with E-state index in [0.717, 1.165) is 6.07 Å². The number of aliphatic carboxylic acids is 1. The Hall–Kier alpha value is -1.92. The quantitative estimate of drug-likeness (QED) is 0.732. The highest BCUT2D eigenvalue weighted by Crippen LogP contribution is 2.38.